The summed E-state index contributed by atoms with van der Waals surface area (Å²) in [5.41, 5.74) is 3.99. The molecule has 1 heteroatoms. The molecule has 0 unspecified atom stereocenters. The number of benzene rings is 3. The zero-order valence-electron chi connectivity index (χ0n) is 12.1. The Balaban J connectivity index is 1.75. The molecule has 0 fully saturated rings. The van der Waals surface area contributed by atoms with E-state index in [0.717, 1.165) is 16.7 Å². The van der Waals surface area contributed by atoms with Crippen LogP contribution in [0.5, 0.6) is 0 Å². The fourth-order valence-electron chi connectivity index (χ4n) is 2.29. The van der Waals surface area contributed by atoms with E-state index in [2.05, 4.69) is 12.1 Å². The number of ketones is 1. The third kappa shape index (κ3) is 3.39. The lowest BCUT2D eigenvalue weighted by atomic mass is 10.0. The van der Waals surface area contributed by atoms with Gasteiger partial charge in [-0.25, -0.2) is 0 Å². The van der Waals surface area contributed by atoms with E-state index in [1.807, 2.05) is 78.9 Å². The van der Waals surface area contributed by atoms with Gasteiger partial charge in [-0.3, -0.25) is 4.79 Å². The van der Waals surface area contributed by atoms with Crippen LogP contribution in [0.2, 0.25) is 0 Å². The first-order valence-corrected chi connectivity index (χ1v) is 7.26. The van der Waals surface area contributed by atoms with Gasteiger partial charge in [-0.2, -0.15) is 0 Å². The molecule has 0 aliphatic rings. The SMILES string of the molecule is O=C(/C=C/c1ccccc1)c1ccc(-c2ccccc2)cc1. The van der Waals surface area contributed by atoms with E-state index in [1.54, 1.807) is 6.08 Å². The maximum atomic E-state index is 12.2. The van der Waals surface area contributed by atoms with Crippen LogP contribution in [0.3, 0.4) is 0 Å². The molecule has 3 aromatic carbocycles. The fraction of sp³-hybridized carbons (Fsp3) is 0. The summed E-state index contributed by atoms with van der Waals surface area (Å²) in [5.74, 6) is 0.0171. The van der Waals surface area contributed by atoms with Crippen LogP contribution in [0.1, 0.15) is 15.9 Å². The molecule has 0 bridgehead atoms. The number of allylic oxidation sites excluding steroid dienone is 1. The van der Waals surface area contributed by atoms with E-state index in [0.29, 0.717) is 5.56 Å². The van der Waals surface area contributed by atoms with Gasteiger partial charge in [0.05, 0.1) is 0 Å². The van der Waals surface area contributed by atoms with Gasteiger partial charge in [-0.1, -0.05) is 91.0 Å². The highest BCUT2D eigenvalue weighted by molar-refractivity contribution is 6.07. The Kier molecular flexibility index (Phi) is 4.26. The number of hydrogen-bond acceptors (Lipinski definition) is 1. The first kappa shape index (κ1) is 14.0. The van der Waals surface area contributed by atoms with Crippen LogP contribution < -0.4 is 0 Å². The largest absolute Gasteiger partial charge is 0.289 e. The second-order valence-corrected chi connectivity index (χ2v) is 5.05. The Labute approximate surface area is 130 Å². The number of carbonyl (C=O) groups excluding carboxylic acids is 1. The Hall–Kier alpha value is -2.93. The summed E-state index contributed by atoms with van der Waals surface area (Å²) < 4.78 is 0. The highest BCUT2D eigenvalue weighted by atomic mass is 16.1. The Morgan fingerprint density at radius 2 is 1.18 bits per heavy atom. The molecule has 0 heterocycles. The molecule has 0 saturated heterocycles. The lowest BCUT2D eigenvalue weighted by molar-refractivity contribution is 0.104. The van der Waals surface area contributed by atoms with Gasteiger partial charge in [0.2, 0.25) is 0 Å². The zero-order chi connectivity index (χ0) is 15.2. The van der Waals surface area contributed by atoms with E-state index in [-0.39, 0.29) is 5.78 Å². The van der Waals surface area contributed by atoms with Crippen LogP contribution in [0.4, 0.5) is 0 Å². The molecule has 0 aliphatic carbocycles. The molecule has 0 aromatic heterocycles. The van der Waals surface area contributed by atoms with E-state index in [4.69, 9.17) is 0 Å². The molecule has 3 rings (SSSR count). The fourth-order valence-corrected chi connectivity index (χ4v) is 2.29. The number of rotatable bonds is 4. The number of carbonyl (C=O) groups is 1. The van der Waals surface area contributed by atoms with Gasteiger partial charge in [0, 0.05) is 5.56 Å². The van der Waals surface area contributed by atoms with Crippen molar-refractivity contribution in [2.24, 2.45) is 0 Å². The van der Waals surface area contributed by atoms with Crippen molar-refractivity contribution >= 4 is 11.9 Å². The summed E-state index contributed by atoms with van der Waals surface area (Å²) in [7, 11) is 0. The van der Waals surface area contributed by atoms with Crippen molar-refractivity contribution in [1.29, 1.82) is 0 Å². The van der Waals surface area contributed by atoms with Crippen molar-refractivity contribution in [3.05, 3.63) is 102 Å². The van der Waals surface area contributed by atoms with Crippen LogP contribution in [-0.2, 0) is 0 Å². The Morgan fingerprint density at radius 1 is 0.636 bits per heavy atom. The molecule has 0 N–H and O–H groups in total. The summed E-state index contributed by atoms with van der Waals surface area (Å²) in [5, 5.41) is 0. The zero-order valence-corrected chi connectivity index (χ0v) is 12.1. The molecule has 106 valence electrons. The quantitative estimate of drug-likeness (QED) is 0.472. The lowest BCUT2D eigenvalue weighted by Gasteiger charge is -2.02. The molecule has 0 amide bonds. The van der Waals surface area contributed by atoms with Crippen molar-refractivity contribution in [2.75, 3.05) is 0 Å². The highest BCUT2D eigenvalue weighted by Gasteiger charge is 2.02. The van der Waals surface area contributed by atoms with E-state index >= 15 is 0 Å². The van der Waals surface area contributed by atoms with Gasteiger partial charge in [0.15, 0.2) is 5.78 Å². The molecule has 0 saturated carbocycles. The third-order valence-electron chi connectivity index (χ3n) is 3.50. The molecule has 22 heavy (non-hydrogen) atoms. The maximum Gasteiger partial charge on any atom is 0.185 e. The van der Waals surface area contributed by atoms with Gasteiger partial charge in [-0.15, -0.1) is 0 Å². The van der Waals surface area contributed by atoms with Crippen LogP contribution in [-0.4, -0.2) is 5.78 Å². The van der Waals surface area contributed by atoms with E-state index in [9.17, 15) is 4.79 Å². The van der Waals surface area contributed by atoms with Crippen molar-refractivity contribution in [2.45, 2.75) is 0 Å². The normalized spacial score (nSPS) is 10.7. The monoisotopic (exact) mass is 284 g/mol. The summed E-state index contributed by atoms with van der Waals surface area (Å²) in [6.07, 6.45) is 3.46. The smallest absolute Gasteiger partial charge is 0.185 e. The summed E-state index contributed by atoms with van der Waals surface area (Å²) >= 11 is 0. The highest BCUT2D eigenvalue weighted by Crippen LogP contribution is 2.19. The lowest BCUT2D eigenvalue weighted by Crippen LogP contribution is -1.93. The van der Waals surface area contributed by atoms with Crippen LogP contribution >= 0.6 is 0 Å². The molecule has 0 spiro atoms. The standard InChI is InChI=1S/C21H16O/c22-21(16-11-17-7-3-1-4-8-17)20-14-12-19(13-15-20)18-9-5-2-6-10-18/h1-16H/b16-11+. The van der Waals surface area contributed by atoms with Gasteiger partial charge in [-0.05, 0) is 22.8 Å². The molecular formula is C21H16O. The second-order valence-electron chi connectivity index (χ2n) is 5.05. The summed E-state index contributed by atoms with van der Waals surface area (Å²) in [6, 6.07) is 27.7. The predicted octanol–water partition coefficient (Wildman–Crippen LogP) is 5.25. The predicted molar refractivity (Wildman–Crippen MR) is 91.7 cm³/mol. The molecule has 3 aromatic rings. The van der Waals surface area contributed by atoms with Crippen LogP contribution in [0.25, 0.3) is 17.2 Å². The van der Waals surface area contributed by atoms with Crippen molar-refractivity contribution in [3.8, 4) is 11.1 Å². The number of hydrogen-bond donors (Lipinski definition) is 0. The summed E-state index contributed by atoms with van der Waals surface area (Å²) in [4.78, 5) is 12.2. The minimum atomic E-state index is 0.0171. The topological polar surface area (TPSA) is 17.1 Å². The van der Waals surface area contributed by atoms with Gasteiger partial charge < -0.3 is 0 Å². The molecule has 0 aliphatic heterocycles. The van der Waals surface area contributed by atoms with Crippen LogP contribution in [0.15, 0.2) is 91.0 Å². The minimum Gasteiger partial charge on any atom is -0.289 e. The second kappa shape index (κ2) is 6.68. The molecule has 0 atom stereocenters. The van der Waals surface area contributed by atoms with Crippen molar-refractivity contribution < 1.29 is 4.79 Å². The molecule has 0 radical (unpaired) electrons. The maximum absolute atomic E-state index is 12.2. The van der Waals surface area contributed by atoms with Gasteiger partial charge in [0.25, 0.3) is 0 Å². The summed E-state index contributed by atoms with van der Waals surface area (Å²) in [6.45, 7) is 0. The first-order valence-electron chi connectivity index (χ1n) is 7.26. The van der Waals surface area contributed by atoms with Crippen molar-refractivity contribution in [3.63, 3.8) is 0 Å². The van der Waals surface area contributed by atoms with Crippen molar-refractivity contribution in [1.82, 2.24) is 0 Å². The average Bonchev–Trinajstić information content (AvgIpc) is 2.61. The average molecular weight is 284 g/mol. The Bertz CT molecular complexity index is 769. The van der Waals surface area contributed by atoms with Gasteiger partial charge >= 0.3 is 0 Å². The Morgan fingerprint density at radius 3 is 1.82 bits per heavy atom. The first-order chi connectivity index (χ1) is 10.8. The van der Waals surface area contributed by atoms with E-state index < -0.39 is 0 Å². The van der Waals surface area contributed by atoms with Crippen LogP contribution in [0, 0.1) is 0 Å². The molecule has 1 nitrogen and oxygen atoms in total. The third-order valence-corrected chi connectivity index (χ3v) is 3.50. The van der Waals surface area contributed by atoms with E-state index in [1.165, 1.54) is 0 Å². The molecular weight excluding hydrogens is 268 g/mol. The van der Waals surface area contributed by atoms with Gasteiger partial charge in [0.1, 0.15) is 0 Å². The minimum absolute atomic E-state index is 0.0171.